The predicted octanol–water partition coefficient (Wildman–Crippen LogP) is 4.04. The molecule has 0 spiro atoms. The Morgan fingerprint density at radius 3 is 2.31 bits per heavy atom. The number of ether oxygens (including phenoxy) is 1. The van der Waals surface area contributed by atoms with Gasteiger partial charge in [0.05, 0.1) is 6.26 Å². The Balaban J connectivity index is 2.03. The van der Waals surface area contributed by atoms with Gasteiger partial charge in [-0.15, -0.1) is 0 Å². The van der Waals surface area contributed by atoms with Crippen LogP contribution in [0.2, 0.25) is 0 Å². The molecule has 0 aliphatic rings. The van der Waals surface area contributed by atoms with Crippen molar-refractivity contribution in [2.75, 3.05) is 0 Å². The van der Waals surface area contributed by atoms with Gasteiger partial charge in [-0.25, -0.2) is 0 Å². The van der Waals surface area contributed by atoms with Crippen molar-refractivity contribution in [2.24, 2.45) is 0 Å². The molecule has 0 unspecified atom stereocenters. The number of hydrogen-bond acceptors (Lipinski definition) is 1. The van der Waals surface area contributed by atoms with Gasteiger partial charge in [0.2, 0.25) is 0 Å². The van der Waals surface area contributed by atoms with Crippen molar-refractivity contribution in [3.63, 3.8) is 0 Å². The molecule has 1 heteroatoms. The van der Waals surface area contributed by atoms with E-state index in [1.807, 2.05) is 67.6 Å². The van der Waals surface area contributed by atoms with Crippen molar-refractivity contribution in [2.45, 2.75) is 6.92 Å². The van der Waals surface area contributed by atoms with Crippen LogP contribution in [0.3, 0.4) is 0 Å². The average molecular weight is 210 g/mol. The zero-order chi connectivity index (χ0) is 11.2. The summed E-state index contributed by atoms with van der Waals surface area (Å²) >= 11 is 0. The largest absolute Gasteiger partial charge is 0.465 e. The summed E-state index contributed by atoms with van der Waals surface area (Å²) in [6, 6.07) is 18.1. The van der Waals surface area contributed by atoms with E-state index >= 15 is 0 Å². The van der Waals surface area contributed by atoms with Crippen molar-refractivity contribution < 1.29 is 4.74 Å². The molecule has 2 aromatic carbocycles. The van der Waals surface area contributed by atoms with Crippen LogP contribution in [0, 0.1) is 6.92 Å². The first-order valence-electron chi connectivity index (χ1n) is 5.30. The fourth-order valence-electron chi connectivity index (χ4n) is 1.44. The lowest BCUT2D eigenvalue weighted by molar-refractivity contribution is 0.481. The van der Waals surface area contributed by atoms with Gasteiger partial charge in [-0.05, 0) is 30.2 Å². The molecule has 0 aliphatic carbocycles. The number of rotatable bonds is 3. The van der Waals surface area contributed by atoms with E-state index in [1.54, 1.807) is 6.26 Å². The molecule has 0 radical (unpaired) electrons. The lowest BCUT2D eigenvalue weighted by Crippen LogP contribution is -1.84. The van der Waals surface area contributed by atoms with Crippen LogP contribution < -0.4 is 4.74 Å². The molecular formula is C15H14O. The minimum Gasteiger partial charge on any atom is -0.465 e. The Morgan fingerprint density at radius 1 is 0.875 bits per heavy atom. The summed E-state index contributed by atoms with van der Waals surface area (Å²) in [5.74, 6) is 0.898. The highest BCUT2D eigenvalue weighted by Crippen LogP contribution is 2.16. The molecule has 0 aliphatic heterocycles. The van der Waals surface area contributed by atoms with Gasteiger partial charge in [-0.2, -0.15) is 0 Å². The van der Waals surface area contributed by atoms with Crippen LogP contribution in [-0.4, -0.2) is 0 Å². The summed E-state index contributed by atoms with van der Waals surface area (Å²) < 4.78 is 5.56. The average Bonchev–Trinajstić information content (AvgIpc) is 2.33. The maximum absolute atomic E-state index is 5.56. The Kier molecular flexibility index (Phi) is 3.39. The Hall–Kier alpha value is -2.02. The van der Waals surface area contributed by atoms with E-state index in [9.17, 15) is 0 Å². The summed E-state index contributed by atoms with van der Waals surface area (Å²) in [5.41, 5.74) is 2.27. The van der Waals surface area contributed by atoms with Crippen molar-refractivity contribution >= 4 is 6.08 Å². The zero-order valence-electron chi connectivity index (χ0n) is 9.26. The maximum Gasteiger partial charge on any atom is 0.129 e. The summed E-state index contributed by atoms with van der Waals surface area (Å²) in [6.07, 6.45) is 3.67. The van der Waals surface area contributed by atoms with Gasteiger partial charge >= 0.3 is 0 Å². The van der Waals surface area contributed by atoms with Gasteiger partial charge in [0.25, 0.3) is 0 Å². The predicted molar refractivity (Wildman–Crippen MR) is 67.3 cm³/mol. The SMILES string of the molecule is Cc1ccccc1O/C=C/c1ccccc1. The molecule has 1 nitrogen and oxygen atoms in total. The van der Waals surface area contributed by atoms with Gasteiger partial charge < -0.3 is 4.74 Å². The molecular weight excluding hydrogens is 196 g/mol. The van der Waals surface area contributed by atoms with Crippen LogP contribution in [0.25, 0.3) is 6.08 Å². The maximum atomic E-state index is 5.56. The van der Waals surface area contributed by atoms with Gasteiger partial charge in [-0.1, -0.05) is 48.5 Å². The Labute approximate surface area is 96.0 Å². The highest BCUT2D eigenvalue weighted by Gasteiger charge is 1.93. The number of aryl methyl sites for hydroxylation is 1. The van der Waals surface area contributed by atoms with Gasteiger partial charge in [0.15, 0.2) is 0 Å². The Bertz CT molecular complexity index is 472. The summed E-state index contributed by atoms with van der Waals surface area (Å²) in [4.78, 5) is 0. The van der Waals surface area contributed by atoms with Crippen LogP contribution in [0.15, 0.2) is 60.9 Å². The molecule has 0 atom stereocenters. The molecule has 0 saturated heterocycles. The Morgan fingerprint density at radius 2 is 1.56 bits per heavy atom. The summed E-state index contributed by atoms with van der Waals surface area (Å²) in [5, 5.41) is 0. The molecule has 0 aromatic heterocycles. The third-order valence-corrected chi connectivity index (χ3v) is 2.35. The smallest absolute Gasteiger partial charge is 0.129 e. The molecule has 0 saturated carbocycles. The monoisotopic (exact) mass is 210 g/mol. The highest BCUT2D eigenvalue weighted by atomic mass is 16.5. The molecule has 2 rings (SSSR count). The van der Waals surface area contributed by atoms with Gasteiger partial charge in [0.1, 0.15) is 5.75 Å². The third kappa shape index (κ3) is 2.74. The van der Waals surface area contributed by atoms with Gasteiger partial charge in [-0.3, -0.25) is 0 Å². The number of benzene rings is 2. The van der Waals surface area contributed by atoms with E-state index in [1.165, 1.54) is 0 Å². The normalized spacial score (nSPS) is 10.6. The van der Waals surface area contributed by atoms with E-state index in [0.29, 0.717) is 0 Å². The quantitative estimate of drug-likeness (QED) is 0.694. The molecule has 0 heterocycles. The second-order valence-corrected chi connectivity index (χ2v) is 3.60. The van der Waals surface area contributed by atoms with Crippen molar-refractivity contribution in [3.05, 3.63) is 72.0 Å². The zero-order valence-corrected chi connectivity index (χ0v) is 9.26. The van der Waals surface area contributed by atoms with Crippen molar-refractivity contribution in [1.82, 2.24) is 0 Å². The van der Waals surface area contributed by atoms with E-state index in [4.69, 9.17) is 4.74 Å². The van der Waals surface area contributed by atoms with Gasteiger partial charge in [0, 0.05) is 0 Å². The fraction of sp³-hybridized carbons (Fsp3) is 0.0667. The molecule has 0 bridgehead atoms. The van der Waals surface area contributed by atoms with Crippen LogP contribution in [0.4, 0.5) is 0 Å². The van der Waals surface area contributed by atoms with Crippen LogP contribution in [0.1, 0.15) is 11.1 Å². The topological polar surface area (TPSA) is 9.23 Å². The summed E-state index contributed by atoms with van der Waals surface area (Å²) in [6.45, 7) is 2.03. The third-order valence-electron chi connectivity index (χ3n) is 2.35. The first kappa shape index (κ1) is 10.5. The van der Waals surface area contributed by atoms with E-state index in [2.05, 4.69) is 0 Å². The van der Waals surface area contributed by atoms with Crippen molar-refractivity contribution in [1.29, 1.82) is 0 Å². The lowest BCUT2D eigenvalue weighted by Gasteiger charge is -2.02. The molecule has 0 amide bonds. The van der Waals surface area contributed by atoms with E-state index in [0.717, 1.165) is 16.9 Å². The minimum atomic E-state index is 0.898. The summed E-state index contributed by atoms with van der Waals surface area (Å²) in [7, 11) is 0. The fourth-order valence-corrected chi connectivity index (χ4v) is 1.44. The number of para-hydroxylation sites is 1. The van der Waals surface area contributed by atoms with E-state index in [-0.39, 0.29) is 0 Å². The number of hydrogen-bond donors (Lipinski definition) is 0. The second-order valence-electron chi connectivity index (χ2n) is 3.60. The molecule has 80 valence electrons. The highest BCUT2D eigenvalue weighted by molar-refractivity contribution is 5.48. The molecule has 2 aromatic rings. The second kappa shape index (κ2) is 5.17. The van der Waals surface area contributed by atoms with Crippen LogP contribution in [-0.2, 0) is 0 Å². The minimum absolute atomic E-state index is 0.898. The molecule has 16 heavy (non-hydrogen) atoms. The lowest BCUT2D eigenvalue weighted by atomic mass is 10.2. The van der Waals surface area contributed by atoms with Crippen LogP contribution >= 0.6 is 0 Å². The first-order chi connectivity index (χ1) is 7.86. The van der Waals surface area contributed by atoms with Crippen molar-refractivity contribution in [3.8, 4) is 5.75 Å². The van der Waals surface area contributed by atoms with E-state index < -0.39 is 0 Å². The molecule has 0 fully saturated rings. The first-order valence-corrected chi connectivity index (χ1v) is 5.30. The molecule has 0 N–H and O–H groups in total. The standard InChI is InChI=1S/C15H14O/c1-13-7-5-6-10-15(13)16-12-11-14-8-3-2-4-9-14/h2-12H,1H3/b12-11+. The van der Waals surface area contributed by atoms with Crippen LogP contribution in [0.5, 0.6) is 5.75 Å².